The maximum Gasteiger partial charge on any atom is 0.338 e. The second kappa shape index (κ2) is 6.25. The maximum absolute atomic E-state index is 11.5. The molecule has 0 aliphatic rings. The highest BCUT2D eigenvalue weighted by Gasteiger charge is 2.13. The summed E-state index contributed by atoms with van der Waals surface area (Å²) in [5.41, 5.74) is 1.09. The number of esters is 2. The van der Waals surface area contributed by atoms with E-state index < -0.39 is 5.97 Å². The van der Waals surface area contributed by atoms with Crippen LogP contribution in [0.3, 0.4) is 0 Å². The minimum absolute atomic E-state index is 0.195. The van der Waals surface area contributed by atoms with Gasteiger partial charge in [-0.1, -0.05) is 11.6 Å². The highest BCUT2D eigenvalue weighted by Crippen LogP contribution is 2.18. The predicted molar refractivity (Wildman–Crippen MR) is 63.1 cm³/mol. The highest BCUT2D eigenvalue weighted by atomic mass is 35.5. The van der Waals surface area contributed by atoms with Gasteiger partial charge in [-0.3, -0.25) is 4.79 Å². The molecule has 0 radical (unpaired) electrons. The Balaban J connectivity index is 2.91. The Morgan fingerprint density at radius 2 is 1.94 bits per heavy atom. The first-order chi connectivity index (χ1) is 8.08. The minimum atomic E-state index is -0.443. The van der Waals surface area contributed by atoms with E-state index in [0.29, 0.717) is 22.6 Å². The lowest BCUT2D eigenvalue weighted by atomic mass is 10.0. The maximum atomic E-state index is 11.5. The van der Waals surface area contributed by atoms with Crippen LogP contribution in [-0.2, 0) is 20.7 Å². The van der Waals surface area contributed by atoms with Gasteiger partial charge in [0, 0.05) is 11.4 Å². The van der Waals surface area contributed by atoms with Crippen LogP contribution >= 0.6 is 11.6 Å². The zero-order valence-corrected chi connectivity index (χ0v) is 10.4. The van der Waals surface area contributed by atoms with Gasteiger partial charge in [0.2, 0.25) is 0 Å². The number of hydrogen-bond donors (Lipinski definition) is 0. The third-order valence-corrected chi connectivity index (χ3v) is 2.53. The molecule has 0 aromatic heterocycles. The number of carbonyl (C=O) groups is 2. The van der Waals surface area contributed by atoms with E-state index >= 15 is 0 Å². The van der Waals surface area contributed by atoms with Gasteiger partial charge in [0.25, 0.3) is 0 Å². The molecule has 4 nitrogen and oxygen atoms in total. The lowest BCUT2D eigenvalue weighted by molar-refractivity contribution is -0.140. The predicted octanol–water partition coefficient (Wildman–Crippen LogP) is 2.23. The van der Waals surface area contributed by atoms with Crippen molar-refractivity contribution in [2.24, 2.45) is 0 Å². The fraction of sp³-hybridized carbons (Fsp3) is 0.333. The molecule has 0 saturated heterocycles. The highest BCUT2D eigenvalue weighted by molar-refractivity contribution is 6.30. The van der Waals surface area contributed by atoms with Gasteiger partial charge in [-0.25, -0.2) is 4.79 Å². The van der Waals surface area contributed by atoms with E-state index in [1.807, 2.05) is 0 Å². The van der Waals surface area contributed by atoms with Gasteiger partial charge < -0.3 is 9.47 Å². The summed E-state index contributed by atoms with van der Waals surface area (Å²) in [4.78, 5) is 22.5. The van der Waals surface area contributed by atoms with Crippen molar-refractivity contribution in [3.05, 3.63) is 34.3 Å². The Morgan fingerprint density at radius 1 is 1.24 bits per heavy atom. The van der Waals surface area contributed by atoms with Crippen LogP contribution < -0.4 is 0 Å². The van der Waals surface area contributed by atoms with Gasteiger partial charge in [-0.15, -0.1) is 0 Å². The van der Waals surface area contributed by atoms with Crippen molar-refractivity contribution in [3.63, 3.8) is 0 Å². The summed E-state index contributed by atoms with van der Waals surface area (Å²) in [6.45, 7) is 0. The molecule has 0 aliphatic carbocycles. The van der Waals surface area contributed by atoms with E-state index in [4.69, 9.17) is 11.6 Å². The Hall–Kier alpha value is -1.55. The average Bonchev–Trinajstić information content (AvgIpc) is 2.35. The van der Waals surface area contributed by atoms with Gasteiger partial charge in [-0.2, -0.15) is 0 Å². The normalized spacial score (nSPS) is 9.82. The molecule has 1 aromatic rings. The summed E-state index contributed by atoms with van der Waals surface area (Å²) in [6.07, 6.45) is 0.582. The first-order valence-electron chi connectivity index (χ1n) is 5.02. The van der Waals surface area contributed by atoms with E-state index in [-0.39, 0.29) is 12.4 Å². The number of hydrogen-bond acceptors (Lipinski definition) is 4. The quantitative estimate of drug-likeness (QED) is 0.776. The van der Waals surface area contributed by atoms with Crippen molar-refractivity contribution in [2.45, 2.75) is 12.8 Å². The van der Waals surface area contributed by atoms with Crippen LogP contribution in [0.25, 0.3) is 0 Å². The monoisotopic (exact) mass is 256 g/mol. The molecule has 0 amide bonds. The van der Waals surface area contributed by atoms with Crippen molar-refractivity contribution in [2.75, 3.05) is 14.2 Å². The van der Waals surface area contributed by atoms with E-state index in [1.165, 1.54) is 14.2 Å². The molecule has 0 saturated carbocycles. The average molecular weight is 257 g/mol. The van der Waals surface area contributed by atoms with Gasteiger partial charge in [0.05, 0.1) is 19.8 Å². The summed E-state index contributed by atoms with van der Waals surface area (Å²) in [6, 6.07) is 4.84. The lowest BCUT2D eigenvalue weighted by Gasteiger charge is -2.07. The fourth-order valence-electron chi connectivity index (χ4n) is 1.42. The number of benzene rings is 1. The number of aryl methyl sites for hydroxylation is 1. The number of ether oxygens (including phenoxy) is 2. The molecule has 0 atom stereocenters. The molecule has 0 unspecified atom stereocenters. The van der Waals surface area contributed by atoms with Crippen molar-refractivity contribution < 1.29 is 19.1 Å². The van der Waals surface area contributed by atoms with E-state index in [0.717, 1.165) is 0 Å². The van der Waals surface area contributed by atoms with E-state index in [9.17, 15) is 9.59 Å². The molecule has 1 rings (SSSR count). The molecule has 0 bridgehead atoms. The first kappa shape index (κ1) is 13.5. The fourth-order valence-corrected chi connectivity index (χ4v) is 1.61. The lowest BCUT2D eigenvalue weighted by Crippen LogP contribution is -2.08. The molecule has 0 fully saturated rings. The van der Waals surface area contributed by atoms with Crippen LogP contribution in [0.5, 0.6) is 0 Å². The van der Waals surface area contributed by atoms with Crippen LogP contribution in [0.1, 0.15) is 22.3 Å². The van der Waals surface area contributed by atoms with Gasteiger partial charge in [0.1, 0.15) is 0 Å². The molecule has 92 valence electrons. The Bertz CT molecular complexity index is 429. The van der Waals surface area contributed by atoms with Crippen LogP contribution in [0.2, 0.25) is 5.02 Å². The molecule has 5 heteroatoms. The molecule has 0 aliphatic heterocycles. The zero-order chi connectivity index (χ0) is 12.8. The molecular weight excluding hydrogens is 244 g/mol. The standard InChI is InChI=1S/C12H13ClO4/c1-16-11(14)6-3-8-7-9(13)4-5-10(8)12(15)17-2/h4-5,7H,3,6H2,1-2H3. The van der Waals surface area contributed by atoms with Crippen LogP contribution in [0.15, 0.2) is 18.2 Å². The summed E-state index contributed by atoms with van der Waals surface area (Å²) in [5.74, 6) is -0.776. The number of carbonyl (C=O) groups excluding carboxylic acids is 2. The Morgan fingerprint density at radius 3 is 2.53 bits per heavy atom. The number of rotatable bonds is 4. The molecule has 0 spiro atoms. The van der Waals surface area contributed by atoms with Gasteiger partial charge in [0.15, 0.2) is 0 Å². The van der Waals surface area contributed by atoms with Crippen LogP contribution in [-0.4, -0.2) is 26.2 Å². The SMILES string of the molecule is COC(=O)CCc1cc(Cl)ccc1C(=O)OC. The Kier molecular flexibility index (Phi) is 4.97. The van der Waals surface area contributed by atoms with E-state index in [1.54, 1.807) is 18.2 Å². The Labute approximate surface area is 104 Å². The van der Waals surface area contributed by atoms with Crippen LogP contribution in [0.4, 0.5) is 0 Å². The van der Waals surface area contributed by atoms with Crippen molar-refractivity contribution >= 4 is 23.5 Å². The largest absolute Gasteiger partial charge is 0.469 e. The molecule has 0 heterocycles. The van der Waals surface area contributed by atoms with Crippen molar-refractivity contribution in [1.29, 1.82) is 0 Å². The topological polar surface area (TPSA) is 52.6 Å². The molecule has 0 N–H and O–H groups in total. The van der Waals surface area contributed by atoms with E-state index in [2.05, 4.69) is 9.47 Å². The van der Waals surface area contributed by atoms with Crippen molar-refractivity contribution in [1.82, 2.24) is 0 Å². The number of halogens is 1. The van der Waals surface area contributed by atoms with Gasteiger partial charge in [-0.05, 0) is 30.2 Å². The third kappa shape index (κ3) is 3.75. The van der Waals surface area contributed by atoms with Gasteiger partial charge >= 0.3 is 11.9 Å². The molecule has 1 aromatic carbocycles. The number of methoxy groups -OCH3 is 2. The summed E-state index contributed by atoms with van der Waals surface area (Å²) in [7, 11) is 2.63. The van der Waals surface area contributed by atoms with Crippen molar-refractivity contribution in [3.8, 4) is 0 Å². The third-order valence-electron chi connectivity index (χ3n) is 2.30. The summed E-state index contributed by atoms with van der Waals surface area (Å²) < 4.78 is 9.19. The second-order valence-corrected chi connectivity index (χ2v) is 3.81. The minimum Gasteiger partial charge on any atom is -0.469 e. The summed E-state index contributed by atoms with van der Waals surface area (Å²) in [5, 5.41) is 0.512. The molecular formula is C12H13ClO4. The smallest absolute Gasteiger partial charge is 0.338 e. The zero-order valence-electron chi connectivity index (χ0n) is 9.66. The molecule has 17 heavy (non-hydrogen) atoms. The van der Waals surface area contributed by atoms with Crippen LogP contribution in [0, 0.1) is 0 Å². The first-order valence-corrected chi connectivity index (χ1v) is 5.40. The summed E-state index contributed by atoms with van der Waals surface area (Å²) >= 11 is 5.85. The second-order valence-electron chi connectivity index (χ2n) is 3.37.